The highest BCUT2D eigenvalue weighted by Crippen LogP contribution is 1.98. The van der Waals surface area contributed by atoms with Gasteiger partial charge in [-0.15, -0.1) is 0 Å². The smallest absolute Gasteiger partial charge is 0.410 e. The van der Waals surface area contributed by atoms with Crippen LogP contribution in [0.15, 0.2) is 0 Å². The Balaban J connectivity index is 4.67. The van der Waals surface area contributed by atoms with Crippen molar-refractivity contribution in [3.05, 3.63) is 0 Å². The first-order chi connectivity index (χ1) is 9.31. The molecule has 0 aromatic carbocycles. The van der Waals surface area contributed by atoms with Crippen LogP contribution in [0, 0.1) is 0 Å². The molecular weight excluding hydrogens is 276 g/mol. The third kappa shape index (κ3) is 6.42. The van der Waals surface area contributed by atoms with Gasteiger partial charge < -0.3 is 19.7 Å². The van der Waals surface area contributed by atoms with Crippen LogP contribution < -0.4 is 0 Å². The van der Waals surface area contributed by atoms with Gasteiger partial charge in [-0.25, -0.2) is 9.59 Å². The molecule has 0 fully saturated rings. The molecule has 10 heteroatoms. The van der Waals surface area contributed by atoms with E-state index in [4.69, 9.17) is 10.2 Å². The summed E-state index contributed by atoms with van der Waals surface area (Å²) in [7, 11) is 2.15. The lowest BCUT2D eigenvalue weighted by molar-refractivity contribution is -0.139. The molecule has 0 saturated heterocycles. The zero-order valence-corrected chi connectivity index (χ0v) is 11.1. The molecule has 2 N–H and O–H groups in total. The molecule has 0 aliphatic carbocycles. The van der Waals surface area contributed by atoms with Crippen LogP contribution in [-0.4, -0.2) is 84.5 Å². The van der Waals surface area contributed by atoms with Gasteiger partial charge in [-0.1, -0.05) is 0 Å². The Morgan fingerprint density at radius 2 is 1.10 bits per heavy atom. The molecule has 0 bridgehead atoms. The predicted molar refractivity (Wildman–Crippen MR) is 63.2 cm³/mol. The highest BCUT2D eigenvalue weighted by Gasteiger charge is 2.22. The van der Waals surface area contributed by atoms with Crippen molar-refractivity contribution in [1.82, 2.24) is 9.80 Å². The molecule has 20 heavy (non-hydrogen) atoms. The summed E-state index contributed by atoms with van der Waals surface area (Å²) in [5.41, 5.74) is 0. The van der Waals surface area contributed by atoms with Crippen molar-refractivity contribution in [2.45, 2.75) is 0 Å². The summed E-state index contributed by atoms with van der Waals surface area (Å²) in [5.74, 6) is -2.53. The second kappa shape index (κ2) is 8.56. The van der Waals surface area contributed by atoms with Gasteiger partial charge in [-0.05, 0) is 0 Å². The number of rotatable bonds is 7. The first-order valence-electron chi connectivity index (χ1n) is 5.41. The highest BCUT2D eigenvalue weighted by atomic mass is 16.5. The van der Waals surface area contributed by atoms with E-state index in [1.807, 2.05) is 0 Å². The Bertz CT molecular complexity index is 347. The molecule has 0 unspecified atom stereocenters. The summed E-state index contributed by atoms with van der Waals surface area (Å²) in [4.78, 5) is 45.4. The Kier molecular flexibility index (Phi) is 7.48. The molecule has 0 radical (unpaired) electrons. The van der Waals surface area contributed by atoms with Crippen LogP contribution in [0.2, 0.25) is 0 Å². The molecule has 0 heterocycles. The van der Waals surface area contributed by atoms with Gasteiger partial charge in [0.1, 0.15) is 13.1 Å². The van der Waals surface area contributed by atoms with E-state index >= 15 is 0 Å². The molecule has 10 nitrogen and oxygen atoms in total. The van der Waals surface area contributed by atoms with E-state index in [1.165, 1.54) is 0 Å². The maximum atomic E-state index is 11.3. The molecule has 0 aliphatic rings. The van der Waals surface area contributed by atoms with E-state index in [0.29, 0.717) is 0 Å². The third-order valence-corrected chi connectivity index (χ3v) is 2.16. The Hall–Kier alpha value is -2.52. The third-order valence-electron chi connectivity index (χ3n) is 2.16. The summed E-state index contributed by atoms with van der Waals surface area (Å²) in [6.07, 6.45) is -1.79. The predicted octanol–water partition coefficient (Wildman–Crippen LogP) is -0.708. The van der Waals surface area contributed by atoms with Crippen LogP contribution in [0.4, 0.5) is 9.59 Å². The van der Waals surface area contributed by atoms with Crippen molar-refractivity contribution in [2.24, 2.45) is 0 Å². The topological polar surface area (TPSA) is 134 Å². The quantitative estimate of drug-likeness (QED) is 0.628. The molecule has 0 rings (SSSR count). The molecule has 0 saturated carbocycles. The number of methoxy groups -OCH3 is 2. The van der Waals surface area contributed by atoms with E-state index in [2.05, 4.69) is 9.47 Å². The minimum atomic E-state index is -1.27. The number of carbonyl (C=O) groups excluding carboxylic acids is 2. The number of aliphatic carboxylic acids is 2. The normalized spacial score (nSPS) is 9.50. The summed E-state index contributed by atoms with van der Waals surface area (Å²) in [6, 6.07) is 0. The van der Waals surface area contributed by atoms with Crippen molar-refractivity contribution >= 4 is 24.1 Å². The standard InChI is InChI=1S/C10H16N2O8/c1-19-9(17)11(5-7(13)14)3-4-12(6-8(15)16)10(18)20-2/h3-6H2,1-2H3,(H,13,14)(H,15,16). The van der Waals surface area contributed by atoms with Gasteiger partial charge in [0.25, 0.3) is 0 Å². The summed E-state index contributed by atoms with van der Waals surface area (Å²) in [6.45, 7) is -1.67. The van der Waals surface area contributed by atoms with Crippen molar-refractivity contribution in [1.29, 1.82) is 0 Å². The number of carboxylic acids is 2. The summed E-state index contributed by atoms with van der Waals surface area (Å²) in [5, 5.41) is 17.3. The van der Waals surface area contributed by atoms with Gasteiger partial charge in [0.15, 0.2) is 0 Å². The largest absolute Gasteiger partial charge is 0.480 e. The fourth-order valence-electron chi connectivity index (χ4n) is 1.30. The molecule has 0 aromatic heterocycles. The lowest BCUT2D eigenvalue weighted by Gasteiger charge is -2.24. The second-order valence-corrected chi connectivity index (χ2v) is 3.57. The molecule has 0 aliphatic heterocycles. The number of hydrogen-bond donors (Lipinski definition) is 2. The number of amides is 2. The SMILES string of the molecule is COC(=O)N(CCN(CC(=O)O)C(=O)OC)CC(=O)O. The monoisotopic (exact) mass is 292 g/mol. The maximum Gasteiger partial charge on any atom is 0.410 e. The van der Waals surface area contributed by atoms with Gasteiger partial charge in [-0.3, -0.25) is 19.4 Å². The Morgan fingerprint density at radius 3 is 1.30 bits per heavy atom. The number of ether oxygens (including phenoxy) is 2. The number of carbonyl (C=O) groups is 4. The second-order valence-electron chi connectivity index (χ2n) is 3.57. The first kappa shape index (κ1) is 17.5. The number of hydrogen-bond acceptors (Lipinski definition) is 6. The Morgan fingerprint density at radius 1 is 0.800 bits per heavy atom. The molecule has 0 aromatic rings. The van der Waals surface area contributed by atoms with Crippen LogP contribution in [0.1, 0.15) is 0 Å². The Labute approximate surface area is 114 Å². The number of carboxylic acid groups (broad SMARTS) is 2. The van der Waals surface area contributed by atoms with E-state index < -0.39 is 37.2 Å². The van der Waals surface area contributed by atoms with Gasteiger partial charge in [0, 0.05) is 13.1 Å². The van der Waals surface area contributed by atoms with Crippen LogP contribution in [0.3, 0.4) is 0 Å². The van der Waals surface area contributed by atoms with Gasteiger partial charge >= 0.3 is 24.1 Å². The molecule has 114 valence electrons. The van der Waals surface area contributed by atoms with E-state index in [0.717, 1.165) is 24.0 Å². The van der Waals surface area contributed by atoms with Crippen LogP contribution in [0.25, 0.3) is 0 Å². The lowest BCUT2D eigenvalue weighted by Crippen LogP contribution is -2.44. The van der Waals surface area contributed by atoms with Crippen molar-refractivity contribution < 1.29 is 38.9 Å². The summed E-state index contributed by atoms with van der Waals surface area (Å²) >= 11 is 0. The maximum absolute atomic E-state index is 11.3. The fraction of sp³-hybridized carbons (Fsp3) is 0.600. The van der Waals surface area contributed by atoms with Gasteiger partial charge in [-0.2, -0.15) is 0 Å². The molecular formula is C10H16N2O8. The molecule has 0 spiro atoms. The highest BCUT2D eigenvalue weighted by molar-refractivity contribution is 5.77. The van der Waals surface area contributed by atoms with Crippen LogP contribution >= 0.6 is 0 Å². The van der Waals surface area contributed by atoms with Crippen LogP contribution in [-0.2, 0) is 19.1 Å². The van der Waals surface area contributed by atoms with Crippen molar-refractivity contribution in [2.75, 3.05) is 40.4 Å². The first-order valence-corrected chi connectivity index (χ1v) is 5.41. The zero-order valence-electron chi connectivity index (χ0n) is 11.1. The van der Waals surface area contributed by atoms with Crippen molar-refractivity contribution in [3.63, 3.8) is 0 Å². The van der Waals surface area contributed by atoms with Crippen molar-refractivity contribution in [3.8, 4) is 0 Å². The van der Waals surface area contributed by atoms with E-state index in [1.54, 1.807) is 0 Å². The average molecular weight is 292 g/mol. The van der Waals surface area contributed by atoms with E-state index in [-0.39, 0.29) is 13.1 Å². The van der Waals surface area contributed by atoms with Gasteiger partial charge in [0.05, 0.1) is 14.2 Å². The average Bonchev–Trinajstić information content (AvgIpc) is 2.39. The van der Waals surface area contributed by atoms with E-state index in [9.17, 15) is 19.2 Å². The van der Waals surface area contributed by atoms with Crippen LogP contribution in [0.5, 0.6) is 0 Å². The minimum Gasteiger partial charge on any atom is -0.480 e. The van der Waals surface area contributed by atoms with Gasteiger partial charge in [0.2, 0.25) is 0 Å². The minimum absolute atomic E-state index is 0.207. The lowest BCUT2D eigenvalue weighted by atomic mass is 10.4. The summed E-state index contributed by atoms with van der Waals surface area (Å²) < 4.78 is 8.77. The zero-order chi connectivity index (χ0) is 15.7. The molecule has 0 atom stereocenters. The fourth-order valence-corrected chi connectivity index (χ4v) is 1.30. The number of nitrogens with zero attached hydrogens (tertiary/aromatic N) is 2. The molecule has 2 amide bonds.